The Morgan fingerprint density at radius 1 is 1.24 bits per heavy atom. The van der Waals surface area contributed by atoms with Crippen LogP contribution in [-0.4, -0.2) is 11.8 Å². The van der Waals surface area contributed by atoms with Crippen LogP contribution >= 0.6 is 23.4 Å². The van der Waals surface area contributed by atoms with Gasteiger partial charge < -0.3 is 5.73 Å². The van der Waals surface area contributed by atoms with Gasteiger partial charge >= 0.3 is 0 Å². The Morgan fingerprint density at radius 3 is 2.53 bits per heavy atom. The zero-order chi connectivity index (χ0) is 12.1. The van der Waals surface area contributed by atoms with Crippen LogP contribution in [0.3, 0.4) is 0 Å². The van der Waals surface area contributed by atoms with Gasteiger partial charge in [0.05, 0.1) is 0 Å². The molecule has 1 fully saturated rings. The maximum atomic E-state index is 6.18. The summed E-state index contributed by atoms with van der Waals surface area (Å²) in [6.07, 6.45) is 6.78. The number of rotatable bonds is 5. The van der Waals surface area contributed by atoms with E-state index in [1.807, 2.05) is 23.9 Å². The molecule has 0 radical (unpaired) electrons. The Morgan fingerprint density at radius 2 is 1.88 bits per heavy atom. The molecule has 1 nitrogen and oxygen atoms in total. The van der Waals surface area contributed by atoms with E-state index in [2.05, 4.69) is 12.1 Å². The van der Waals surface area contributed by atoms with Crippen molar-refractivity contribution in [1.29, 1.82) is 0 Å². The molecule has 0 heterocycles. The van der Waals surface area contributed by atoms with Gasteiger partial charge in [-0.3, -0.25) is 0 Å². The number of thioether (sulfide) groups is 1. The smallest absolute Gasteiger partial charge is 0.0406 e. The summed E-state index contributed by atoms with van der Waals surface area (Å²) in [5.41, 5.74) is 6.18. The molecule has 1 aliphatic rings. The first kappa shape index (κ1) is 13.3. The molecule has 2 N–H and O–H groups in total. The number of benzene rings is 1. The SMILES string of the molecule is NC(CSc1ccc(Cl)cc1)CC1CCCC1. The van der Waals surface area contributed by atoms with Crippen LogP contribution in [0.5, 0.6) is 0 Å². The molecule has 0 aliphatic heterocycles. The van der Waals surface area contributed by atoms with Gasteiger partial charge in [0, 0.05) is 21.7 Å². The third kappa shape index (κ3) is 4.53. The van der Waals surface area contributed by atoms with Crippen LogP contribution in [-0.2, 0) is 0 Å². The summed E-state index contributed by atoms with van der Waals surface area (Å²) in [6.45, 7) is 0. The van der Waals surface area contributed by atoms with E-state index < -0.39 is 0 Å². The zero-order valence-corrected chi connectivity index (χ0v) is 11.6. The Hall–Kier alpha value is -0.180. The molecule has 0 bridgehead atoms. The van der Waals surface area contributed by atoms with Gasteiger partial charge in [0.15, 0.2) is 0 Å². The first-order valence-corrected chi connectivity index (χ1v) is 7.74. The minimum Gasteiger partial charge on any atom is -0.327 e. The summed E-state index contributed by atoms with van der Waals surface area (Å²) in [7, 11) is 0. The Balaban J connectivity index is 1.71. The lowest BCUT2D eigenvalue weighted by Gasteiger charge is -2.15. The van der Waals surface area contributed by atoms with Crippen molar-refractivity contribution in [3.8, 4) is 0 Å². The van der Waals surface area contributed by atoms with Gasteiger partial charge in [-0.15, -0.1) is 11.8 Å². The molecular weight excluding hydrogens is 250 g/mol. The Kier molecular flexibility index (Phi) is 5.20. The van der Waals surface area contributed by atoms with Crippen molar-refractivity contribution in [2.45, 2.75) is 43.0 Å². The van der Waals surface area contributed by atoms with Crippen LogP contribution in [0.1, 0.15) is 32.1 Å². The molecule has 1 atom stereocenters. The molecule has 3 heteroatoms. The molecule has 1 saturated carbocycles. The van der Waals surface area contributed by atoms with Gasteiger partial charge in [0.25, 0.3) is 0 Å². The zero-order valence-electron chi connectivity index (χ0n) is 10.1. The summed E-state index contributed by atoms with van der Waals surface area (Å²) in [5, 5.41) is 0.796. The standard InChI is InChI=1S/C14H20ClNS/c15-12-5-7-14(8-6-12)17-10-13(16)9-11-3-1-2-4-11/h5-8,11,13H,1-4,9-10,16H2. The van der Waals surface area contributed by atoms with Gasteiger partial charge in [-0.05, 0) is 36.6 Å². The topological polar surface area (TPSA) is 26.0 Å². The fourth-order valence-corrected chi connectivity index (χ4v) is 3.47. The molecule has 2 rings (SSSR count). The van der Waals surface area contributed by atoms with E-state index >= 15 is 0 Å². The van der Waals surface area contributed by atoms with Crippen molar-refractivity contribution >= 4 is 23.4 Å². The second kappa shape index (κ2) is 6.67. The number of nitrogens with two attached hydrogens (primary N) is 1. The van der Waals surface area contributed by atoms with Crippen LogP contribution < -0.4 is 5.73 Å². The molecule has 0 aromatic heterocycles. The minimum absolute atomic E-state index is 0.332. The van der Waals surface area contributed by atoms with Crippen molar-refractivity contribution < 1.29 is 0 Å². The van der Waals surface area contributed by atoms with E-state index in [0.29, 0.717) is 6.04 Å². The average Bonchev–Trinajstić information content (AvgIpc) is 2.81. The molecule has 0 saturated heterocycles. The van der Waals surface area contributed by atoms with Crippen molar-refractivity contribution in [3.63, 3.8) is 0 Å². The molecular formula is C14H20ClNS. The van der Waals surface area contributed by atoms with Gasteiger partial charge in [0.1, 0.15) is 0 Å². The molecule has 0 amide bonds. The molecule has 1 aromatic carbocycles. The van der Waals surface area contributed by atoms with Crippen LogP contribution in [0.25, 0.3) is 0 Å². The van der Waals surface area contributed by atoms with E-state index in [1.165, 1.54) is 37.0 Å². The van der Waals surface area contributed by atoms with Gasteiger partial charge in [-0.1, -0.05) is 37.3 Å². The highest BCUT2D eigenvalue weighted by Gasteiger charge is 2.17. The normalized spacial score (nSPS) is 18.5. The summed E-state index contributed by atoms with van der Waals surface area (Å²) in [4.78, 5) is 1.26. The lowest BCUT2D eigenvalue weighted by atomic mass is 10.00. The molecule has 1 aromatic rings. The first-order valence-electron chi connectivity index (χ1n) is 6.38. The van der Waals surface area contributed by atoms with Crippen molar-refractivity contribution in [3.05, 3.63) is 29.3 Å². The number of hydrogen-bond donors (Lipinski definition) is 1. The lowest BCUT2D eigenvalue weighted by molar-refractivity contribution is 0.462. The molecule has 1 unspecified atom stereocenters. The quantitative estimate of drug-likeness (QED) is 0.805. The van der Waals surface area contributed by atoms with Crippen LogP contribution in [0.2, 0.25) is 5.02 Å². The summed E-state index contributed by atoms with van der Waals surface area (Å²) < 4.78 is 0. The van der Waals surface area contributed by atoms with E-state index in [0.717, 1.165) is 16.7 Å². The van der Waals surface area contributed by atoms with Gasteiger partial charge in [0.2, 0.25) is 0 Å². The summed E-state index contributed by atoms with van der Waals surface area (Å²) in [6, 6.07) is 8.34. The third-order valence-electron chi connectivity index (χ3n) is 3.39. The summed E-state index contributed by atoms with van der Waals surface area (Å²) >= 11 is 7.69. The number of halogens is 1. The van der Waals surface area contributed by atoms with Crippen LogP contribution in [0.4, 0.5) is 0 Å². The van der Waals surface area contributed by atoms with Crippen LogP contribution in [0.15, 0.2) is 29.2 Å². The lowest BCUT2D eigenvalue weighted by Crippen LogP contribution is -2.25. The largest absolute Gasteiger partial charge is 0.327 e. The highest BCUT2D eigenvalue weighted by molar-refractivity contribution is 7.99. The van der Waals surface area contributed by atoms with E-state index in [4.69, 9.17) is 17.3 Å². The van der Waals surface area contributed by atoms with E-state index in [9.17, 15) is 0 Å². The van der Waals surface area contributed by atoms with Gasteiger partial charge in [-0.2, -0.15) is 0 Å². The fourth-order valence-electron chi connectivity index (χ4n) is 2.48. The summed E-state index contributed by atoms with van der Waals surface area (Å²) in [5.74, 6) is 1.90. The van der Waals surface area contributed by atoms with E-state index in [1.54, 1.807) is 0 Å². The third-order valence-corrected chi connectivity index (χ3v) is 4.84. The van der Waals surface area contributed by atoms with Crippen molar-refractivity contribution in [1.82, 2.24) is 0 Å². The molecule has 1 aliphatic carbocycles. The second-order valence-electron chi connectivity index (χ2n) is 4.91. The first-order chi connectivity index (χ1) is 8.24. The predicted molar refractivity (Wildman–Crippen MR) is 76.7 cm³/mol. The second-order valence-corrected chi connectivity index (χ2v) is 6.44. The molecule has 0 spiro atoms. The maximum Gasteiger partial charge on any atom is 0.0406 e. The highest BCUT2D eigenvalue weighted by atomic mass is 35.5. The maximum absolute atomic E-state index is 6.18. The Labute approximate surface area is 113 Å². The van der Waals surface area contributed by atoms with Gasteiger partial charge in [-0.25, -0.2) is 0 Å². The highest BCUT2D eigenvalue weighted by Crippen LogP contribution is 2.29. The number of hydrogen-bond acceptors (Lipinski definition) is 2. The molecule has 17 heavy (non-hydrogen) atoms. The Bertz CT molecular complexity index is 333. The monoisotopic (exact) mass is 269 g/mol. The predicted octanol–water partition coefficient (Wildman–Crippen LogP) is 4.34. The van der Waals surface area contributed by atoms with Crippen molar-refractivity contribution in [2.75, 3.05) is 5.75 Å². The average molecular weight is 270 g/mol. The van der Waals surface area contributed by atoms with E-state index in [-0.39, 0.29) is 0 Å². The van der Waals surface area contributed by atoms with Crippen molar-refractivity contribution in [2.24, 2.45) is 11.7 Å². The van der Waals surface area contributed by atoms with Crippen LogP contribution in [0, 0.1) is 5.92 Å². The minimum atomic E-state index is 0.332. The molecule has 94 valence electrons. The fraction of sp³-hybridized carbons (Fsp3) is 0.571.